The van der Waals surface area contributed by atoms with Gasteiger partial charge in [0.1, 0.15) is 5.60 Å². The molecule has 1 saturated carbocycles. The van der Waals surface area contributed by atoms with Gasteiger partial charge in [0.15, 0.2) is 0 Å². The maximum absolute atomic E-state index is 12.1. The lowest BCUT2D eigenvalue weighted by molar-refractivity contribution is 0.00914. The van der Waals surface area contributed by atoms with E-state index in [1.165, 1.54) is 0 Å². The number of carbonyl (C=O) groups excluding carboxylic acids is 1. The van der Waals surface area contributed by atoms with Crippen molar-refractivity contribution in [3.05, 3.63) is 0 Å². The fourth-order valence-corrected chi connectivity index (χ4v) is 3.25. The molecule has 0 unspecified atom stereocenters. The first-order valence-corrected chi connectivity index (χ1v) is 8.20. The number of rotatable bonds is 2. The Morgan fingerprint density at radius 3 is 2.38 bits per heavy atom. The summed E-state index contributed by atoms with van der Waals surface area (Å²) in [6.07, 6.45) is 4.82. The molecular formula is C16H30N2O3. The highest BCUT2D eigenvalue weighted by Crippen LogP contribution is 2.30. The van der Waals surface area contributed by atoms with E-state index in [1.54, 1.807) is 4.90 Å². The van der Waals surface area contributed by atoms with E-state index in [0.29, 0.717) is 6.54 Å². The summed E-state index contributed by atoms with van der Waals surface area (Å²) in [6.45, 7) is 9.62. The van der Waals surface area contributed by atoms with Gasteiger partial charge in [-0.3, -0.25) is 4.90 Å². The lowest BCUT2D eigenvalue weighted by Crippen LogP contribution is -2.43. The summed E-state index contributed by atoms with van der Waals surface area (Å²) < 4.78 is 5.44. The van der Waals surface area contributed by atoms with Crippen molar-refractivity contribution in [1.29, 1.82) is 0 Å². The van der Waals surface area contributed by atoms with Crippen molar-refractivity contribution in [2.75, 3.05) is 32.7 Å². The monoisotopic (exact) mass is 298 g/mol. The Kier molecular flexibility index (Phi) is 5.15. The van der Waals surface area contributed by atoms with Crippen LogP contribution >= 0.6 is 0 Å². The predicted molar refractivity (Wildman–Crippen MR) is 82.3 cm³/mol. The summed E-state index contributed by atoms with van der Waals surface area (Å²) in [7, 11) is 0. The molecule has 0 aromatic carbocycles. The molecule has 0 aromatic rings. The topological polar surface area (TPSA) is 53.0 Å². The smallest absolute Gasteiger partial charge is 0.410 e. The number of ether oxygens (including phenoxy) is 1. The first-order valence-electron chi connectivity index (χ1n) is 8.20. The van der Waals surface area contributed by atoms with Gasteiger partial charge in [-0.15, -0.1) is 0 Å². The van der Waals surface area contributed by atoms with E-state index in [9.17, 15) is 9.90 Å². The molecule has 2 fully saturated rings. The fraction of sp³-hybridized carbons (Fsp3) is 0.938. The SMILES string of the molecule is CC(C)(C)OC(=O)N1CCCN(CC2(O)CCCC2)CC1. The van der Waals surface area contributed by atoms with E-state index < -0.39 is 11.2 Å². The quantitative estimate of drug-likeness (QED) is 0.849. The third kappa shape index (κ3) is 5.15. The van der Waals surface area contributed by atoms with E-state index in [1.807, 2.05) is 20.8 Å². The van der Waals surface area contributed by atoms with Crippen LogP contribution in [-0.2, 0) is 4.74 Å². The highest BCUT2D eigenvalue weighted by atomic mass is 16.6. The van der Waals surface area contributed by atoms with Crippen molar-refractivity contribution < 1.29 is 14.6 Å². The van der Waals surface area contributed by atoms with Crippen LogP contribution in [0.4, 0.5) is 4.79 Å². The zero-order valence-corrected chi connectivity index (χ0v) is 13.7. The molecule has 2 rings (SSSR count). The summed E-state index contributed by atoms with van der Waals surface area (Å²) in [4.78, 5) is 16.2. The normalized spacial score (nSPS) is 23.9. The fourth-order valence-electron chi connectivity index (χ4n) is 3.25. The van der Waals surface area contributed by atoms with E-state index >= 15 is 0 Å². The zero-order valence-electron chi connectivity index (χ0n) is 13.7. The third-order valence-corrected chi connectivity index (χ3v) is 4.29. The molecule has 1 amide bonds. The van der Waals surface area contributed by atoms with E-state index in [-0.39, 0.29) is 6.09 Å². The van der Waals surface area contributed by atoms with Gasteiger partial charge in [-0.05, 0) is 40.0 Å². The summed E-state index contributed by atoms with van der Waals surface area (Å²) >= 11 is 0. The number of β-amino-alcohol motifs (C(OH)–C–C–N with tert-alkyl or cyclic N) is 1. The molecule has 0 radical (unpaired) electrons. The third-order valence-electron chi connectivity index (χ3n) is 4.29. The number of nitrogens with zero attached hydrogens (tertiary/aromatic N) is 2. The Morgan fingerprint density at radius 1 is 1.10 bits per heavy atom. The average Bonchev–Trinajstić information content (AvgIpc) is 2.64. The van der Waals surface area contributed by atoms with Crippen LogP contribution in [0.25, 0.3) is 0 Å². The summed E-state index contributed by atoms with van der Waals surface area (Å²) in [5.41, 5.74) is -0.941. The van der Waals surface area contributed by atoms with Crippen LogP contribution in [0.2, 0.25) is 0 Å². The number of hydrogen-bond donors (Lipinski definition) is 1. The Morgan fingerprint density at radius 2 is 1.76 bits per heavy atom. The molecule has 0 bridgehead atoms. The van der Waals surface area contributed by atoms with Crippen molar-refractivity contribution in [3.8, 4) is 0 Å². The molecule has 1 aliphatic carbocycles. The number of hydrogen-bond acceptors (Lipinski definition) is 4. The molecule has 0 aromatic heterocycles. The van der Waals surface area contributed by atoms with Crippen LogP contribution in [0.3, 0.4) is 0 Å². The Balaban J connectivity index is 1.83. The molecule has 5 heteroatoms. The first-order chi connectivity index (χ1) is 9.77. The molecule has 0 spiro atoms. The van der Waals surface area contributed by atoms with Gasteiger partial charge in [-0.1, -0.05) is 12.8 Å². The molecule has 5 nitrogen and oxygen atoms in total. The lowest BCUT2D eigenvalue weighted by atomic mass is 10.0. The van der Waals surface area contributed by atoms with E-state index in [0.717, 1.165) is 58.3 Å². The van der Waals surface area contributed by atoms with Gasteiger partial charge < -0.3 is 14.7 Å². The van der Waals surface area contributed by atoms with Crippen LogP contribution in [0.15, 0.2) is 0 Å². The minimum absolute atomic E-state index is 0.219. The second-order valence-electron chi connectivity index (χ2n) is 7.53. The number of amides is 1. The maximum Gasteiger partial charge on any atom is 0.410 e. The van der Waals surface area contributed by atoms with Gasteiger partial charge in [0, 0.05) is 32.7 Å². The highest BCUT2D eigenvalue weighted by Gasteiger charge is 2.34. The van der Waals surface area contributed by atoms with Gasteiger partial charge in [-0.2, -0.15) is 0 Å². The summed E-state index contributed by atoms with van der Waals surface area (Å²) in [5.74, 6) is 0. The van der Waals surface area contributed by atoms with Gasteiger partial charge in [0.05, 0.1) is 5.60 Å². The second kappa shape index (κ2) is 6.53. The van der Waals surface area contributed by atoms with Gasteiger partial charge in [-0.25, -0.2) is 4.79 Å². The van der Waals surface area contributed by atoms with Crippen molar-refractivity contribution in [3.63, 3.8) is 0 Å². The molecule has 0 atom stereocenters. The molecule has 1 heterocycles. The molecule has 122 valence electrons. The largest absolute Gasteiger partial charge is 0.444 e. The molecule has 1 aliphatic heterocycles. The highest BCUT2D eigenvalue weighted by molar-refractivity contribution is 5.68. The van der Waals surface area contributed by atoms with Gasteiger partial charge in [0.2, 0.25) is 0 Å². The van der Waals surface area contributed by atoms with Crippen molar-refractivity contribution in [2.24, 2.45) is 0 Å². The summed E-state index contributed by atoms with van der Waals surface area (Å²) in [6, 6.07) is 0. The second-order valence-corrected chi connectivity index (χ2v) is 7.53. The van der Waals surface area contributed by atoms with Crippen molar-refractivity contribution in [1.82, 2.24) is 9.80 Å². The van der Waals surface area contributed by atoms with Crippen LogP contribution in [-0.4, -0.2) is 64.9 Å². The van der Waals surface area contributed by atoms with Crippen LogP contribution < -0.4 is 0 Å². The predicted octanol–water partition coefficient (Wildman–Crippen LogP) is 2.23. The average molecular weight is 298 g/mol. The number of aliphatic hydroxyl groups is 1. The van der Waals surface area contributed by atoms with E-state index in [4.69, 9.17) is 4.74 Å². The van der Waals surface area contributed by atoms with Crippen LogP contribution in [0.1, 0.15) is 52.9 Å². The molecule has 1 N–H and O–H groups in total. The minimum Gasteiger partial charge on any atom is -0.444 e. The van der Waals surface area contributed by atoms with Crippen LogP contribution in [0.5, 0.6) is 0 Å². The molecular weight excluding hydrogens is 268 g/mol. The molecule has 2 aliphatic rings. The van der Waals surface area contributed by atoms with Crippen molar-refractivity contribution >= 4 is 6.09 Å². The number of carbonyl (C=O) groups is 1. The standard InChI is InChI=1S/C16H30N2O3/c1-15(2,3)21-14(19)18-10-6-9-17(11-12-18)13-16(20)7-4-5-8-16/h20H,4-13H2,1-3H3. The van der Waals surface area contributed by atoms with Crippen molar-refractivity contribution in [2.45, 2.75) is 64.1 Å². The summed E-state index contributed by atoms with van der Waals surface area (Å²) in [5, 5.41) is 10.5. The van der Waals surface area contributed by atoms with E-state index in [2.05, 4.69) is 4.90 Å². The maximum atomic E-state index is 12.1. The van der Waals surface area contributed by atoms with Crippen LogP contribution in [0, 0.1) is 0 Å². The molecule has 21 heavy (non-hydrogen) atoms. The minimum atomic E-state index is -0.499. The van der Waals surface area contributed by atoms with Gasteiger partial charge in [0.25, 0.3) is 0 Å². The zero-order chi connectivity index (χ0) is 15.5. The Hall–Kier alpha value is -0.810. The molecule has 1 saturated heterocycles. The first kappa shape index (κ1) is 16.6. The van der Waals surface area contributed by atoms with Gasteiger partial charge >= 0.3 is 6.09 Å². The Bertz CT molecular complexity index is 359. The Labute approximate surface area is 128 Å². The lowest BCUT2D eigenvalue weighted by Gasteiger charge is -2.30.